The topological polar surface area (TPSA) is 33.2 Å². The van der Waals surface area contributed by atoms with Crippen LogP contribution in [-0.2, 0) is 0 Å². The Hall–Kier alpha value is -1.03. The van der Waals surface area contributed by atoms with Gasteiger partial charge in [0.1, 0.15) is 0 Å². The molecule has 100 valence electrons. The number of thioether (sulfide) groups is 1. The molecule has 1 atom stereocenters. The van der Waals surface area contributed by atoms with Gasteiger partial charge in [0.15, 0.2) is 0 Å². The second-order valence-electron chi connectivity index (χ2n) is 4.44. The third-order valence-electron chi connectivity index (χ3n) is 3.02. The van der Waals surface area contributed by atoms with E-state index >= 15 is 0 Å². The van der Waals surface area contributed by atoms with E-state index in [1.165, 1.54) is 0 Å². The number of carbonyl (C=O) groups excluding carboxylic acids is 1. The number of hydrogen-bond acceptors (Lipinski definition) is 3. The third-order valence-corrected chi connectivity index (χ3v) is 3.96. The predicted molar refractivity (Wildman–Crippen MR) is 78.1 cm³/mol. The van der Waals surface area contributed by atoms with Crippen molar-refractivity contribution in [2.45, 2.75) is 33.2 Å². The van der Waals surface area contributed by atoms with Crippen molar-refractivity contribution in [2.75, 3.05) is 18.6 Å². The highest BCUT2D eigenvalue weighted by Gasteiger charge is 2.17. The lowest BCUT2D eigenvalue weighted by atomic mass is 10.2. The van der Waals surface area contributed by atoms with E-state index in [0.717, 1.165) is 23.6 Å². The zero-order valence-corrected chi connectivity index (χ0v) is 12.5. The molecule has 4 heteroatoms. The molecule has 0 fully saturated rings. The molecular weight excluding hydrogens is 244 g/mol. The number of nitrogens with zero attached hydrogens (tertiary/aromatic N) is 2. The Balaban J connectivity index is 2.57. The molecule has 3 nitrogen and oxygen atoms in total. The van der Waals surface area contributed by atoms with Crippen LogP contribution < -0.4 is 0 Å². The van der Waals surface area contributed by atoms with Crippen LogP contribution >= 0.6 is 11.8 Å². The number of aromatic nitrogens is 1. The minimum Gasteiger partial charge on any atom is -0.339 e. The molecule has 1 unspecified atom stereocenters. The maximum atomic E-state index is 12.2. The molecule has 0 radical (unpaired) electrons. The van der Waals surface area contributed by atoms with Crippen LogP contribution in [0.3, 0.4) is 0 Å². The van der Waals surface area contributed by atoms with Crippen LogP contribution in [0.25, 0.3) is 0 Å². The normalized spacial score (nSPS) is 12.2. The van der Waals surface area contributed by atoms with Crippen molar-refractivity contribution < 1.29 is 4.79 Å². The Morgan fingerprint density at radius 1 is 1.50 bits per heavy atom. The Labute approximate surface area is 114 Å². The second-order valence-corrected chi connectivity index (χ2v) is 5.83. The molecule has 0 bridgehead atoms. The first-order chi connectivity index (χ1) is 8.56. The summed E-state index contributed by atoms with van der Waals surface area (Å²) >= 11 is 1.91. The van der Waals surface area contributed by atoms with E-state index in [-0.39, 0.29) is 11.9 Å². The van der Waals surface area contributed by atoms with Crippen LogP contribution in [0, 0.1) is 6.92 Å². The van der Waals surface area contributed by atoms with Gasteiger partial charge < -0.3 is 4.90 Å². The number of pyridine rings is 1. The zero-order chi connectivity index (χ0) is 13.5. The number of amides is 1. The minimum atomic E-state index is 0.0523. The van der Waals surface area contributed by atoms with Gasteiger partial charge in [-0.3, -0.25) is 9.78 Å². The fraction of sp³-hybridized carbons (Fsp3) is 0.571. The van der Waals surface area contributed by atoms with Crippen molar-refractivity contribution >= 4 is 17.7 Å². The molecule has 0 N–H and O–H groups in total. The Morgan fingerprint density at radius 3 is 2.78 bits per heavy atom. The smallest absolute Gasteiger partial charge is 0.255 e. The Kier molecular flexibility index (Phi) is 6.19. The SMILES string of the molecule is CCSCCC(C)N(C)C(=O)c1ccc(C)nc1. The molecular formula is C14H22N2OS. The predicted octanol–water partition coefficient (Wildman–Crippen LogP) is 2.99. The number of aryl methyl sites for hydroxylation is 1. The minimum absolute atomic E-state index is 0.0523. The zero-order valence-electron chi connectivity index (χ0n) is 11.6. The molecule has 0 aliphatic heterocycles. The van der Waals surface area contributed by atoms with Gasteiger partial charge in [-0.25, -0.2) is 0 Å². The number of rotatable bonds is 6. The summed E-state index contributed by atoms with van der Waals surface area (Å²) in [5.41, 5.74) is 1.60. The molecule has 0 aliphatic rings. The molecule has 0 spiro atoms. The van der Waals surface area contributed by atoms with E-state index < -0.39 is 0 Å². The van der Waals surface area contributed by atoms with E-state index in [2.05, 4.69) is 18.8 Å². The molecule has 1 aromatic heterocycles. The quantitative estimate of drug-likeness (QED) is 0.742. The average molecular weight is 266 g/mol. The molecule has 1 amide bonds. The Morgan fingerprint density at radius 2 is 2.22 bits per heavy atom. The summed E-state index contributed by atoms with van der Waals surface area (Å²) in [4.78, 5) is 18.2. The monoisotopic (exact) mass is 266 g/mol. The van der Waals surface area contributed by atoms with Gasteiger partial charge in [-0.2, -0.15) is 11.8 Å². The maximum Gasteiger partial charge on any atom is 0.255 e. The third kappa shape index (κ3) is 4.33. The van der Waals surface area contributed by atoms with Crippen molar-refractivity contribution in [3.8, 4) is 0 Å². The van der Waals surface area contributed by atoms with E-state index in [1.807, 2.05) is 42.8 Å². The molecule has 0 aromatic carbocycles. The largest absolute Gasteiger partial charge is 0.339 e. The Bertz CT molecular complexity index is 378. The summed E-state index contributed by atoms with van der Waals surface area (Å²) in [5.74, 6) is 2.28. The fourth-order valence-electron chi connectivity index (χ4n) is 1.59. The first-order valence-electron chi connectivity index (χ1n) is 6.33. The van der Waals surface area contributed by atoms with Gasteiger partial charge >= 0.3 is 0 Å². The van der Waals surface area contributed by atoms with Gasteiger partial charge in [0.25, 0.3) is 5.91 Å². The van der Waals surface area contributed by atoms with Crippen LogP contribution in [-0.4, -0.2) is 40.4 Å². The number of carbonyl (C=O) groups is 1. The summed E-state index contributed by atoms with van der Waals surface area (Å²) in [6, 6.07) is 3.98. The molecule has 1 heterocycles. The summed E-state index contributed by atoms with van der Waals surface area (Å²) in [6.45, 7) is 6.17. The summed E-state index contributed by atoms with van der Waals surface area (Å²) in [6.07, 6.45) is 2.68. The van der Waals surface area contributed by atoms with E-state index in [1.54, 1.807) is 6.20 Å². The fourth-order valence-corrected chi connectivity index (χ4v) is 2.39. The molecule has 1 rings (SSSR count). The summed E-state index contributed by atoms with van der Waals surface area (Å²) in [5, 5.41) is 0. The first kappa shape index (κ1) is 15.0. The highest BCUT2D eigenvalue weighted by atomic mass is 32.2. The molecule has 18 heavy (non-hydrogen) atoms. The van der Waals surface area contributed by atoms with Crippen molar-refractivity contribution in [1.82, 2.24) is 9.88 Å². The van der Waals surface area contributed by atoms with Gasteiger partial charge in [0, 0.05) is 25.0 Å². The van der Waals surface area contributed by atoms with E-state index in [0.29, 0.717) is 5.56 Å². The van der Waals surface area contributed by atoms with Crippen LogP contribution in [0.15, 0.2) is 18.3 Å². The first-order valence-corrected chi connectivity index (χ1v) is 7.49. The standard InChI is InChI=1S/C14H22N2OS/c1-5-18-9-8-12(3)16(4)14(17)13-7-6-11(2)15-10-13/h6-7,10,12H,5,8-9H2,1-4H3. The van der Waals surface area contributed by atoms with Crippen molar-refractivity contribution in [2.24, 2.45) is 0 Å². The molecule has 0 saturated heterocycles. The van der Waals surface area contributed by atoms with E-state index in [4.69, 9.17) is 0 Å². The molecule has 1 aromatic rings. The van der Waals surface area contributed by atoms with E-state index in [9.17, 15) is 4.79 Å². The second kappa shape index (κ2) is 7.41. The van der Waals surface area contributed by atoms with Gasteiger partial charge in [-0.05, 0) is 43.9 Å². The lowest BCUT2D eigenvalue weighted by Gasteiger charge is -2.24. The summed E-state index contributed by atoms with van der Waals surface area (Å²) < 4.78 is 0. The molecule has 0 aliphatic carbocycles. The lowest BCUT2D eigenvalue weighted by molar-refractivity contribution is 0.0741. The van der Waals surface area contributed by atoms with Crippen LogP contribution in [0.1, 0.15) is 36.3 Å². The van der Waals surface area contributed by atoms with Gasteiger partial charge in [-0.1, -0.05) is 6.92 Å². The van der Waals surface area contributed by atoms with Crippen molar-refractivity contribution in [1.29, 1.82) is 0 Å². The van der Waals surface area contributed by atoms with Crippen LogP contribution in [0.2, 0.25) is 0 Å². The highest BCUT2D eigenvalue weighted by Crippen LogP contribution is 2.11. The van der Waals surface area contributed by atoms with Crippen LogP contribution in [0.4, 0.5) is 0 Å². The number of hydrogen-bond donors (Lipinski definition) is 0. The van der Waals surface area contributed by atoms with Gasteiger partial charge in [0.05, 0.1) is 5.56 Å². The van der Waals surface area contributed by atoms with Crippen molar-refractivity contribution in [3.05, 3.63) is 29.6 Å². The maximum absolute atomic E-state index is 12.2. The molecule has 0 saturated carbocycles. The lowest BCUT2D eigenvalue weighted by Crippen LogP contribution is -2.35. The highest BCUT2D eigenvalue weighted by molar-refractivity contribution is 7.99. The van der Waals surface area contributed by atoms with Crippen molar-refractivity contribution in [3.63, 3.8) is 0 Å². The van der Waals surface area contributed by atoms with Gasteiger partial charge in [-0.15, -0.1) is 0 Å². The average Bonchev–Trinajstić information content (AvgIpc) is 2.38. The van der Waals surface area contributed by atoms with Crippen LogP contribution in [0.5, 0.6) is 0 Å². The van der Waals surface area contributed by atoms with Gasteiger partial charge in [0.2, 0.25) is 0 Å². The summed E-state index contributed by atoms with van der Waals surface area (Å²) in [7, 11) is 1.86.